The highest BCUT2D eigenvalue weighted by atomic mass is 35.5. The van der Waals surface area contributed by atoms with Gasteiger partial charge in [0.05, 0.1) is 33.6 Å². The Bertz CT molecular complexity index is 942. The molecule has 1 aliphatic rings. The van der Waals surface area contributed by atoms with Gasteiger partial charge in [-0.3, -0.25) is 10.1 Å². The van der Waals surface area contributed by atoms with E-state index in [0.29, 0.717) is 10.8 Å². The number of methoxy groups -OCH3 is 1. The molecule has 2 aromatic carbocycles. The molecule has 1 amide bonds. The number of nitrogens with one attached hydrogen (secondary N) is 2. The Balaban J connectivity index is 1.74. The highest BCUT2D eigenvalue weighted by Gasteiger charge is 2.21. The molecule has 0 aliphatic carbocycles. The van der Waals surface area contributed by atoms with Crippen LogP contribution in [0.2, 0.25) is 15.1 Å². The number of carbonyl (C=O) groups excluding carboxylic acids is 1. The maximum Gasteiger partial charge on any atom is 0.257 e. The van der Waals surface area contributed by atoms with Crippen molar-refractivity contribution in [2.75, 3.05) is 50.6 Å². The van der Waals surface area contributed by atoms with E-state index in [1.807, 2.05) is 18.2 Å². The number of anilines is 2. The second kappa shape index (κ2) is 10.0. The maximum atomic E-state index is 12.6. The third-order valence-corrected chi connectivity index (χ3v) is 5.82. The van der Waals surface area contributed by atoms with Gasteiger partial charge in [-0.05, 0) is 43.5 Å². The zero-order valence-electron chi connectivity index (χ0n) is 16.5. The first-order valence-electron chi connectivity index (χ1n) is 9.17. The average molecular weight is 488 g/mol. The zero-order chi connectivity index (χ0) is 21.8. The fraction of sp³-hybridized carbons (Fsp3) is 0.300. The van der Waals surface area contributed by atoms with Crippen LogP contribution >= 0.6 is 47.0 Å². The number of rotatable bonds is 4. The summed E-state index contributed by atoms with van der Waals surface area (Å²) >= 11 is 24.1. The number of amides is 1. The minimum absolute atomic E-state index is 0.140. The molecule has 0 bridgehead atoms. The molecule has 0 radical (unpaired) electrons. The fourth-order valence-electron chi connectivity index (χ4n) is 3.18. The molecule has 6 nitrogen and oxygen atoms in total. The normalized spacial score (nSPS) is 14.4. The number of likely N-dealkylation sites (N-methyl/N-ethyl adjacent to an activating group) is 1. The monoisotopic (exact) mass is 486 g/mol. The Hall–Kier alpha value is -1.77. The maximum absolute atomic E-state index is 12.6. The van der Waals surface area contributed by atoms with Gasteiger partial charge in [-0.2, -0.15) is 0 Å². The van der Waals surface area contributed by atoms with Crippen LogP contribution in [-0.2, 0) is 0 Å². The number of benzene rings is 2. The lowest BCUT2D eigenvalue weighted by atomic mass is 10.2. The standard InChI is InChI=1S/C20H21Cl3N4O2S/c1-26-6-8-27(9-7-26)17-13(21)4-3-5-16(17)24-20(30)25-19(28)12-10-14(22)18(29-2)15(23)11-12/h3-5,10-11H,6-9H2,1-2H3,(H2,24,25,28,30). The van der Waals surface area contributed by atoms with E-state index in [-0.39, 0.29) is 20.7 Å². The number of ether oxygens (including phenoxy) is 1. The molecular formula is C20H21Cl3N4O2S. The summed E-state index contributed by atoms with van der Waals surface area (Å²) in [5, 5.41) is 6.96. The number of hydrogen-bond acceptors (Lipinski definition) is 5. The summed E-state index contributed by atoms with van der Waals surface area (Å²) in [4.78, 5) is 17.1. The molecule has 30 heavy (non-hydrogen) atoms. The van der Waals surface area contributed by atoms with Crippen molar-refractivity contribution in [1.82, 2.24) is 10.2 Å². The summed E-state index contributed by atoms with van der Waals surface area (Å²) in [6.45, 7) is 3.56. The quantitative estimate of drug-likeness (QED) is 0.618. The first kappa shape index (κ1) is 22.9. The molecule has 2 aromatic rings. The van der Waals surface area contributed by atoms with Gasteiger partial charge < -0.3 is 19.9 Å². The van der Waals surface area contributed by atoms with E-state index in [1.165, 1.54) is 19.2 Å². The molecule has 0 aromatic heterocycles. The summed E-state index contributed by atoms with van der Waals surface area (Å²) in [5.74, 6) is -0.131. The van der Waals surface area contributed by atoms with Gasteiger partial charge in [0.15, 0.2) is 10.9 Å². The van der Waals surface area contributed by atoms with Crippen LogP contribution in [0.5, 0.6) is 5.75 Å². The minimum atomic E-state index is -0.442. The van der Waals surface area contributed by atoms with E-state index in [9.17, 15) is 4.79 Å². The van der Waals surface area contributed by atoms with Crippen molar-refractivity contribution < 1.29 is 9.53 Å². The molecule has 1 aliphatic heterocycles. The van der Waals surface area contributed by atoms with Crippen LogP contribution in [0.3, 0.4) is 0 Å². The van der Waals surface area contributed by atoms with E-state index >= 15 is 0 Å². The van der Waals surface area contributed by atoms with Gasteiger partial charge in [-0.25, -0.2) is 0 Å². The van der Waals surface area contributed by atoms with Gasteiger partial charge >= 0.3 is 0 Å². The highest BCUT2D eigenvalue weighted by molar-refractivity contribution is 7.80. The largest absolute Gasteiger partial charge is 0.494 e. The number of thiocarbonyl (C=S) groups is 1. The van der Waals surface area contributed by atoms with Crippen molar-refractivity contribution in [1.29, 1.82) is 0 Å². The van der Waals surface area contributed by atoms with Gasteiger partial charge in [-0.15, -0.1) is 0 Å². The molecule has 0 unspecified atom stereocenters. The fourth-order valence-corrected chi connectivity index (χ4v) is 4.32. The van der Waals surface area contributed by atoms with Gasteiger partial charge in [0.2, 0.25) is 0 Å². The lowest BCUT2D eigenvalue weighted by Gasteiger charge is -2.35. The van der Waals surface area contributed by atoms with Crippen LogP contribution in [0.1, 0.15) is 10.4 Å². The second-order valence-electron chi connectivity index (χ2n) is 6.81. The Labute approximate surface area is 196 Å². The van der Waals surface area contributed by atoms with E-state index in [4.69, 9.17) is 51.8 Å². The van der Waals surface area contributed by atoms with Gasteiger partial charge in [0, 0.05) is 31.7 Å². The topological polar surface area (TPSA) is 56.8 Å². The molecule has 10 heteroatoms. The zero-order valence-corrected chi connectivity index (χ0v) is 19.6. The summed E-state index contributed by atoms with van der Waals surface area (Å²) in [6.07, 6.45) is 0. The minimum Gasteiger partial charge on any atom is -0.494 e. The van der Waals surface area contributed by atoms with Crippen molar-refractivity contribution in [3.05, 3.63) is 51.0 Å². The van der Waals surface area contributed by atoms with Crippen LogP contribution in [0.25, 0.3) is 0 Å². The van der Waals surface area contributed by atoms with Crippen molar-refractivity contribution in [2.45, 2.75) is 0 Å². The first-order valence-corrected chi connectivity index (χ1v) is 10.7. The number of para-hydroxylation sites is 1. The highest BCUT2D eigenvalue weighted by Crippen LogP contribution is 2.35. The summed E-state index contributed by atoms with van der Waals surface area (Å²) in [7, 11) is 3.54. The first-order chi connectivity index (χ1) is 14.3. The summed E-state index contributed by atoms with van der Waals surface area (Å²) in [6, 6.07) is 8.48. The predicted molar refractivity (Wildman–Crippen MR) is 128 cm³/mol. The van der Waals surface area contributed by atoms with E-state index in [2.05, 4.69) is 27.5 Å². The van der Waals surface area contributed by atoms with Crippen molar-refractivity contribution in [2.24, 2.45) is 0 Å². The number of piperazine rings is 1. The molecule has 3 rings (SSSR count). The number of carbonyl (C=O) groups is 1. The van der Waals surface area contributed by atoms with Gasteiger partial charge in [0.25, 0.3) is 5.91 Å². The SMILES string of the molecule is COc1c(Cl)cc(C(=O)NC(=S)Nc2cccc(Cl)c2N2CCN(C)CC2)cc1Cl. The lowest BCUT2D eigenvalue weighted by Crippen LogP contribution is -2.45. The molecule has 0 spiro atoms. The summed E-state index contributed by atoms with van der Waals surface area (Å²) in [5.41, 5.74) is 1.85. The number of nitrogens with zero attached hydrogens (tertiary/aromatic N) is 2. The Morgan fingerprint density at radius 1 is 1.07 bits per heavy atom. The smallest absolute Gasteiger partial charge is 0.257 e. The third-order valence-electron chi connectivity index (χ3n) is 4.75. The van der Waals surface area contributed by atoms with E-state index < -0.39 is 5.91 Å². The van der Waals surface area contributed by atoms with Gasteiger partial charge in [0.1, 0.15) is 0 Å². The Kier molecular flexibility index (Phi) is 7.65. The molecule has 0 saturated carbocycles. The van der Waals surface area contributed by atoms with Crippen molar-refractivity contribution >= 4 is 69.4 Å². The van der Waals surface area contributed by atoms with Crippen LogP contribution in [-0.4, -0.2) is 56.3 Å². The van der Waals surface area contributed by atoms with E-state index in [0.717, 1.165) is 37.6 Å². The van der Waals surface area contributed by atoms with Crippen LogP contribution < -0.4 is 20.3 Å². The van der Waals surface area contributed by atoms with Crippen molar-refractivity contribution in [3.8, 4) is 5.75 Å². The molecule has 1 fully saturated rings. The number of halogens is 3. The third kappa shape index (κ3) is 5.28. The van der Waals surface area contributed by atoms with Crippen LogP contribution in [0.15, 0.2) is 30.3 Å². The lowest BCUT2D eigenvalue weighted by molar-refractivity contribution is 0.0977. The predicted octanol–water partition coefficient (Wildman–Crippen LogP) is 4.53. The van der Waals surface area contributed by atoms with E-state index in [1.54, 1.807) is 0 Å². The average Bonchev–Trinajstić information content (AvgIpc) is 2.69. The molecular weight excluding hydrogens is 467 g/mol. The molecule has 160 valence electrons. The molecule has 2 N–H and O–H groups in total. The van der Waals surface area contributed by atoms with Crippen LogP contribution in [0.4, 0.5) is 11.4 Å². The Morgan fingerprint density at radius 3 is 2.30 bits per heavy atom. The van der Waals surface area contributed by atoms with Crippen molar-refractivity contribution in [3.63, 3.8) is 0 Å². The Morgan fingerprint density at radius 2 is 1.70 bits per heavy atom. The number of hydrogen-bond donors (Lipinski definition) is 2. The molecule has 0 atom stereocenters. The van der Waals surface area contributed by atoms with Gasteiger partial charge in [-0.1, -0.05) is 40.9 Å². The molecule has 1 saturated heterocycles. The molecule has 1 heterocycles. The summed E-state index contributed by atoms with van der Waals surface area (Å²) < 4.78 is 5.11. The van der Waals surface area contributed by atoms with Crippen LogP contribution in [0, 0.1) is 0 Å². The second-order valence-corrected chi connectivity index (χ2v) is 8.44.